The van der Waals surface area contributed by atoms with E-state index in [9.17, 15) is 0 Å². The lowest BCUT2D eigenvalue weighted by molar-refractivity contribution is 0.425. The van der Waals surface area contributed by atoms with Crippen LogP contribution in [0.25, 0.3) is 11.5 Å². The molecule has 2 aromatic heterocycles. The molecule has 72 valence electrons. The fourth-order valence-corrected chi connectivity index (χ4v) is 1.40. The summed E-state index contributed by atoms with van der Waals surface area (Å²) >= 11 is 3.30. The van der Waals surface area contributed by atoms with E-state index in [1.165, 1.54) is 0 Å². The second-order valence-electron chi connectivity index (χ2n) is 2.81. The zero-order valence-electron chi connectivity index (χ0n) is 7.57. The van der Waals surface area contributed by atoms with Crippen LogP contribution in [0.3, 0.4) is 0 Å². The molecule has 14 heavy (non-hydrogen) atoms. The molecule has 4 nitrogen and oxygen atoms in total. The van der Waals surface area contributed by atoms with Gasteiger partial charge < -0.3 is 4.52 Å². The van der Waals surface area contributed by atoms with Gasteiger partial charge in [-0.15, -0.1) is 0 Å². The van der Waals surface area contributed by atoms with Gasteiger partial charge in [0.25, 0.3) is 0 Å². The van der Waals surface area contributed by atoms with Gasteiger partial charge in [0.15, 0.2) is 5.76 Å². The topological polar surface area (TPSA) is 51.8 Å². The van der Waals surface area contributed by atoms with Crippen molar-refractivity contribution < 1.29 is 4.52 Å². The number of hydrogen-bond donors (Lipinski definition) is 0. The van der Waals surface area contributed by atoms with Gasteiger partial charge in [-0.05, 0) is 6.92 Å². The molecular weight excluding hydrogens is 246 g/mol. The molecule has 0 spiro atoms. The van der Waals surface area contributed by atoms with E-state index in [4.69, 9.17) is 4.52 Å². The van der Waals surface area contributed by atoms with E-state index in [0.29, 0.717) is 11.1 Å². The number of aromatic nitrogens is 3. The lowest BCUT2D eigenvalue weighted by Gasteiger charge is -1.96. The molecule has 0 aliphatic rings. The monoisotopic (exact) mass is 253 g/mol. The molecule has 0 bridgehead atoms. The lowest BCUT2D eigenvalue weighted by atomic mass is 10.2. The highest BCUT2D eigenvalue weighted by Gasteiger charge is 2.09. The van der Waals surface area contributed by atoms with Crippen molar-refractivity contribution in [1.82, 2.24) is 15.1 Å². The van der Waals surface area contributed by atoms with Crippen LogP contribution in [-0.2, 0) is 5.33 Å². The zero-order valence-corrected chi connectivity index (χ0v) is 9.15. The van der Waals surface area contributed by atoms with Gasteiger partial charge in [0.1, 0.15) is 5.69 Å². The van der Waals surface area contributed by atoms with Crippen molar-refractivity contribution in [1.29, 1.82) is 0 Å². The minimum absolute atomic E-state index is 0.657. The van der Waals surface area contributed by atoms with Crippen molar-refractivity contribution in [2.75, 3.05) is 0 Å². The van der Waals surface area contributed by atoms with Gasteiger partial charge in [-0.2, -0.15) is 0 Å². The number of alkyl halides is 1. The number of halogens is 1. The maximum Gasteiger partial charge on any atom is 0.187 e. The van der Waals surface area contributed by atoms with Gasteiger partial charge in [0.2, 0.25) is 0 Å². The molecule has 0 unspecified atom stereocenters. The number of nitrogens with zero attached hydrogens (tertiary/aromatic N) is 3. The van der Waals surface area contributed by atoms with E-state index in [-0.39, 0.29) is 0 Å². The SMILES string of the molecule is Cc1nccnc1-c1cc(CBr)no1. The quantitative estimate of drug-likeness (QED) is 0.772. The van der Waals surface area contributed by atoms with Crippen LogP contribution in [0.15, 0.2) is 23.0 Å². The van der Waals surface area contributed by atoms with Crippen LogP contribution in [-0.4, -0.2) is 15.1 Å². The Bertz CT molecular complexity index is 441. The summed E-state index contributed by atoms with van der Waals surface area (Å²) in [5.74, 6) is 0.657. The molecule has 0 fully saturated rings. The second-order valence-corrected chi connectivity index (χ2v) is 3.37. The van der Waals surface area contributed by atoms with E-state index in [2.05, 4.69) is 31.1 Å². The average Bonchev–Trinajstić information content (AvgIpc) is 2.67. The molecule has 5 heteroatoms. The average molecular weight is 254 g/mol. The third kappa shape index (κ3) is 1.68. The van der Waals surface area contributed by atoms with Crippen LogP contribution in [0.4, 0.5) is 0 Å². The Morgan fingerprint density at radius 3 is 2.79 bits per heavy atom. The molecule has 0 amide bonds. The maximum absolute atomic E-state index is 5.14. The Morgan fingerprint density at radius 2 is 2.14 bits per heavy atom. The first-order chi connectivity index (χ1) is 6.81. The summed E-state index contributed by atoms with van der Waals surface area (Å²) in [6.45, 7) is 1.89. The number of rotatable bonds is 2. The van der Waals surface area contributed by atoms with Gasteiger partial charge >= 0.3 is 0 Å². The van der Waals surface area contributed by atoms with Gasteiger partial charge in [0.05, 0.1) is 11.4 Å². The summed E-state index contributed by atoms with van der Waals surface area (Å²) in [5.41, 5.74) is 2.43. The van der Waals surface area contributed by atoms with Crippen molar-refractivity contribution in [3.8, 4) is 11.5 Å². The summed E-state index contributed by atoms with van der Waals surface area (Å²) in [5, 5.41) is 4.54. The largest absolute Gasteiger partial charge is 0.354 e. The predicted octanol–water partition coefficient (Wildman–Crippen LogP) is 2.33. The predicted molar refractivity (Wildman–Crippen MR) is 54.9 cm³/mol. The van der Waals surface area contributed by atoms with Crippen LogP contribution in [0.1, 0.15) is 11.4 Å². The first kappa shape index (κ1) is 9.33. The normalized spacial score (nSPS) is 10.4. The molecule has 0 aromatic carbocycles. The Kier molecular flexibility index (Phi) is 2.58. The van der Waals surface area contributed by atoms with Crippen molar-refractivity contribution in [3.63, 3.8) is 0 Å². The fraction of sp³-hybridized carbons (Fsp3) is 0.222. The third-order valence-electron chi connectivity index (χ3n) is 1.81. The Balaban J connectivity index is 2.44. The minimum Gasteiger partial charge on any atom is -0.354 e. The van der Waals surface area contributed by atoms with Crippen molar-refractivity contribution in [2.24, 2.45) is 0 Å². The highest BCUT2D eigenvalue weighted by molar-refractivity contribution is 9.08. The molecule has 0 saturated carbocycles. The van der Waals surface area contributed by atoms with Crippen LogP contribution in [0, 0.1) is 6.92 Å². The van der Waals surface area contributed by atoms with E-state index in [0.717, 1.165) is 17.1 Å². The molecule has 2 heterocycles. The van der Waals surface area contributed by atoms with Crippen LogP contribution in [0.5, 0.6) is 0 Å². The van der Waals surface area contributed by atoms with Gasteiger partial charge in [-0.1, -0.05) is 21.1 Å². The highest BCUT2D eigenvalue weighted by Crippen LogP contribution is 2.20. The van der Waals surface area contributed by atoms with Gasteiger partial charge in [0, 0.05) is 23.8 Å². The first-order valence-electron chi connectivity index (χ1n) is 4.11. The molecule has 0 atom stereocenters. The fourth-order valence-electron chi connectivity index (χ4n) is 1.14. The molecule has 2 rings (SSSR count). The van der Waals surface area contributed by atoms with Crippen molar-refractivity contribution in [3.05, 3.63) is 29.8 Å². The highest BCUT2D eigenvalue weighted by atomic mass is 79.9. The Morgan fingerprint density at radius 1 is 1.36 bits per heavy atom. The molecule has 0 saturated heterocycles. The molecule has 0 aliphatic heterocycles. The minimum atomic E-state index is 0.657. The van der Waals surface area contributed by atoms with Gasteiger partial charge in [-0.25, -0.2) is 4.98 Å². The van der Waals surface area contributed by atoms with E-state index >= 15 is 0 Å². The summed E-state index contributed by atoms with van der Waals surface area (Å²) in [4.78, 5) is 8.31. The second kappa shape index (κ2) is 3.88. The summed E-state index contributed by atoms with van der Waals surface area (Å²) in [7, 11) is 0. The molecule has 0 N–H and O–H groups in total. The summed E-state index contributed by atoms with van der Waals surface area (Å²) < 4.78 is 5.14. The van der Waals surface area contributed by atoms with Gasteiger partial charge in [-0.3, -0.25) is 4.98 Å². The molecular formula is C9H8BrN3O. The number of aryl methyl sites for hydroxylation is 1. The van der Waals surface area contributed by atoms with E-state index in [1.54, 1.807) is 12.4 Å². The number of hydrogen-bond acceptors (Lipinski definition) is 4. The van der Waals surface area contributed by atoms with E-state index in [1.807, 2.05) is 13.0 Å². The van der Waals surface area contributed by atoms with Crippen molar-refractivity contribution in [2.45, 2.75) is 12.3 Å². The molecule has 0 aliphatic carbocycles. The molecule has 0 radical (unpaired) electrons. The van der Waals surface area contributed by atoms with Crippen LogP contribution < -0.4 is 0 Å². The maximum atomic E-state index is 5.14. The smallest absolute Gasteiger partial charge is 0.187 e. The third-order valence-corrected chi connectivity index (χ3v) is 2.38. The molecule has 2 aromatic rings. The van der Waals surface area contributed by atoms with Crippen LogP contribution >= 0.6 is 15.9 Å². The zero-order chi connectivity index (χ0) is 9.97. The lowest BCUT2D eigenvalue weighted by Crippen LogP contribution is -1.88. The Hall–Kier alpha value is -1.23. The summed E-state index contributed by atoms with van der Waals surface area (Å²) in [6.07, 6.45) is 3.29. The first-order valence-corrected chi connectivity index (χ1v) is 5.23. The Labute approximate surface area is 89.5 Å². The van der Waals surface area contributed by atoms with E-state index < -0.39 is 0 Å². The summed E-state index contributed by atoms with van der Waals surface area (Å²) in [6, 6.07) is 1.85. The van der Waals surface area contributed by atoms with Crippen molar-refractivity contribution >= 4 is 15.9 Å². The standard InChI is InChI=1S/C9H8BrN3O/c1-6-9(12-3-2-11-6)8-4-7(5-10)13-14-8/h2-4H,5H2,1H3. The van der Waals surface area contributed by atoms with Crippen LogP contribution in [0.2, 0.25) is 0 Å².